The Kier molecular flexibility index (Phi) is 3.38. The van der Waals surface area contributed by atoms with Gasteiger partial charge in [-0.05, 0) is 25.8 Å². The first-order valence-corrected chi connectivity index (χ1v) is 6.13. The number of halogens is 2. The Labute approximate surface area is 109 Å². The molecule has 19 heavy (non-hydrogen) atoms. The number of carbonyl (C=O) groups excluding carboxylic acids is 1. The Morgan fingerprint density at radius 1 is 1.37 bits per heavy atom. The van der Waals surface area contributed by atoms with E-state index < -0.39 is 17.4 Å². The Morgan fingerprint density at radius 2 is 1.95 bits per heavy atom. The highest BCUT2D eigenvalue weighted by Crippen LogP contribution is 2.43. The van der Waals surface area contributed by atoms with Gasteiger partial charge in [0.2, 0.25) is 5.92 Å². The van der Waals surface area contributed by atoms with Gasteiger partial charge in [0.05, 0.1) is 12.6 Å². The van der Waals surface area contributed by atoms with Crippen LogP contribution < -0.4 is 5.73 Å². The molecule has 106 valence electrons. The van der Waals surface area contributed by atoms with Crippen molar-refractivity contribution in [3.63, 3.8) is 0 Å². The van der Waals surface area contributed by atoms with Crippen LogP contribution in [-0.2, 0) is 10.3 Å². The second kappa shape index (κ2) is 4.59. The van der Waals surface area contributed by atoms with Crippen molar-refractivity contribution in [1.82, 2.24) is 0 Å². The van der Waals surface area contributed by atoms with Gasteiger partial charge >= 0.3 is 5.97 Å². The molecule has 2 N–H and O–H groups in total. The zero-order chi connectivity index (χ0) is 14.3. The summed E-state index contributed by atoms with van der Waals surface area (Å²) in [7, 11) is 1.27. The van der Waals surface area contributed by atoms with Gasteiger partial charge in [0.15, 0.2) is 0 Å². The van der Waals surface area contributed by atoms with Crippen molar-refractivity contribution >= 4 is 5.97 Å². The molecule has 1 aromatic rings. The van der Waals surface area contributed by atoms with Crippen molar-refractivity contribution in [2.24, 2.45) is 5.73 Å². The number of carbonyl (C=O) groups is 1. The predicted molar refractivity (Wildman–Crippen MR) is 64.1 cm³/mol. The smallest absolute Gasteiger partial charge is 0.341 e. The summed E-state index contributed by atoms with van der Waals surface area (Å²) in [6, 6.07) is 1.50. The van der Waals surface area contributed by atoms with E-state index in [1.807, 2.05) is 0 Å². The van der Waals surface area contributed by atoms with E-state index in [2.05, 4.69) is 4.74 Å². The molecule has 0 unspecified atom stereocenters. The molecule has 1 fully saturated rings. The lowest BCUT2D eigenvalue weighted by atomic mass is 9.79. The van der Waals surface area contributed by atoms with Gasteiger partial charge in [0.25, 0.3) is 0 Å². The van der Waals surface area contributed by atoms with Gasteiger partial charge in [-0.1, -0.05) is 0 Å². The third kappa shape index (κ3) is 2.63. The van der Waals surface area contributed by atoms with Gasteiger partial charge in [-0.2, -0.15) is 0 Å². The monoisotopic (exact) mass is 273 g/mol. The van der Waals surface area contributed by atoms with Crippen molar-refractivity contribution in [1.29, 1.82) is 0 Å². The van der Waals surface area contributed by atoms with Crippen LogP contribution in [0.3, 0.4) is 0 Å². The van der Waals surface area contributed by atoms with E-state index in [-0.39, 0.29) is 25.7 Å². The van der Waals surface area contributed by atoms with Crippen LogP contribution in [0.5, 0.6) is 0 Å². The van der Waals surface area contributed by atoms with E-state index in [1.165, 1.54) is 13.2 Å². The molecule has 0 bridgehead atoms. The highest BCUT2D eigenvalue weighted by molar-refractivity contribution is 5.90. The number of methoxy groups -OCH3 is 1. The Balaban J connectivity index is 2.25. The van der Waals surface area contributed by atoms with Crippen LogP contribution >= 0.6 is 0 Å². The Morgan fingerprint density at radius 3 is 2.47 bits per heavy atom. The largest absolute Gasteiger partial charge is 0.465 e. The number of rotatable bonds is 2. The van der Waals surface area contributed by atoms with Crippen LogP contribution in [0.15, 0.2) is 10.5 Å². The molecular weight excluding hydrogens is 256 g/mol. The summed E-state index contributed by atoms with van der Waals surface area (Å²) in [6.45, 7) is 1.62. The first-order valence-electron chi connectivity index (χ1n) is 6.13. The number of aryl methyl sites for hydroxylation is 1. The molecule has 0 aromatic carbocycles. The average molecular weight is 273 g/mol. The number of esters is 1. The molecule has 2 rings (SSSR count). The van der Waals surface area contributed by atoms with Crippen LogP contribution in [0.4, 0.5) is 8.78 Å². The fourth-order valence-electron chi connectivity index (χ4n) is 2.35. The van der Waals surface area contributed by atoms with Gasteiger partial charge in [-0.25, -0.2) is 13.6 Å². The Bertz CT molecular complexity index is 486. The van der Waals surface area contributed by atoms with E-state index >= 15 is 0 Å². The maximum absolute atomic E-state index is 13.2. The van der Waals surface area contributed by atoms with E-state index in [9.17, 15) is 13.6 Å². The van der Waals surface area contributed by atoms with E-state index in [0.29, 0.717) is 17.1 Å². The predicted octanol–water partition coefficient (Wildman–Crippen LogP) is 2.74. The minimum Gasteiger partial charge on any atom is -0.465 e. The fourth-order valence-corrected chi connectivity index (χ4v) is 2.35. The van der Waals surface area contributed by atoms with Gasteiger partial charge in [-0.15, -0.1) is 0 Å². The average Bonchev–Trinajstić information content (AvgIpc) is 2.75. The van der Waals surface area contributed by atoms with E-state index in [0.717, 1.165) is 0 Å². The summed E-state index contributed by atoms with van der Waals surface area (Å²) in [5.74, 6) is -2.41. The number of nitrogens with two attached hydrogens (primary N) is 1. The van der Waals surface area contributed by atoms with Crippen LogP contribution in [0.25, 0.3) is 0 Å². The quantitative estimate of drug-likeness (QED) is 0.841. The molecule has 1 heterocycles. The number of furan rings is 1. The number of hydrogen-bond acceptors (Lipinski definition) is 4. The van der Waals surface area contributed by atoms with Gasteiger partial charge < -0.3 is 14.9 Å². The van der Waals surface area contributed by atoms with Crippen LogP contribution in [0.2, 0.25) is 0 Å². The molecule has 4 nitrogen and oxygen atoms in total. The van der Waals surface area contributed by atoms with Crippen molar-refractivity contribution in [2.75, 3.05) is 7.11 Å². The van der Waals surface area contributed by atoms with Crippen molar-refractivity contribution < 1.29 is 22.7 Å². The molecule has 0 saturated heterocycles. The maximum atomic E-state index is 13.2. The summed E-state index contributed by atoms with van der Waals surface area (Å²) < 4.78 is 36.4. The summed E-state index contributed by atoms with van der Waals surface area (Å²) >= 11 is 0. The van der Waals surface area contributed by atoms with Crippen molar-refractivity contribution in [2.45, 2.75) is 44.1 Å². The molecule has 0 spiro atoms. The van der Waals surface area contributed by atoms with E-state index in [1.54, 1.807) is 6.92 Å². The molecule has 6 heteroatoms. The summed E-state index contributed by atoms with van der Waals surface area (Å²) in [5.41, 5.74) is 5.51. The van der Waals surface area contributed by atoms with Gasteiger partial charge in [0, 0.05) is 12.8 Å². The molecule has 1 aliphatic carbocycles. The van der Waals surface area contributed by atoms with Crippen molar-refractivity contribution in [3.8, 4) is 0 Å². The zero-order valence-corrected chi connectivity index (χ0v) is 11.0. The van der Waals surface area contributed by atoms with Crippen LogP contribution in [0, 0.1) is 6.92 Å². The van der Waals surface area contributed by atoms with Crippen molar-refractivity contribution in [3.05, 3.63) is 23.2 Å². The zero-order valence-electron chi connectivity index (χ0n) is 11.0. The molecule has 0 atom stereocenters. The SMILES string of the molecule is COC(=O)c1cc(C2(N)CCC(F)(F)CC2)oc1C. The lowest BCUT2D eigenvalue weighted by Gasteiger charge is -2.35. The molecule has 0 aliphatic heterocycles. The second-order valence-corrected chi connectivity index (χ2v) is 5.08. The summed E-state index contributed by atoms with van der Waals surface area (Å²) in [5, 5.41) is 0. The topological polar surface area (TPSA) is 65.5 Å². The molecule has 1 aliphatic rings. The Hall–Kier alpha value is -1.43. The maximum Gasteiger partial charge on any atom is 0.341 e. The van der Waals surface area contributed by atoms with Crippen LogP contribution in [-0.4, -0.2) is 19.0 Å². The highest BCUT2D eigenvalue weighted by atomic mass is 19.3. The molecule has 1 aromatic heterocycles. The molecule has 1 saturated carbocycles. The highest BCUT2D eigenvalue weighted by Gasteiger charge is 2.44. The molecular formula is C13H17F2NO3. The third-order valence-corrected chi connectivity index (χ3v) is 3.69. The van der Waals surface area contributed by atoms with Gasteiger partial charge in [-0.3, -0.25) is 0 Å². The molecule has 0 amide bonds. The third-order valence-electron chi connectivity index (χ3n) is 3.69. The lowest BCUT2D eigenvalue weighted by molar-refractivity contribution is -0.0539. The molecule has 0 radical (unpaired) electrons. The minimum atomic E-state index is -2.66. The van der Waals surface area contributed by atoms with Crippen LogP contribution in [0.1, 0.15) is 47.6 Å². The lowest BCUT2D eigenvalue weighted by Crippen LogP contribution is -2.43. The number of hydrogen-bond donors (Lipinski definition) is 1. The fraction of sp³-hybridized carbons (Fsp3) is 0.615. The minimum absolute atomic E-state index is 0.133. The normalized spacial score (nSPS) is 21.1. The summed E-state index contributed by atoms with van der Waals surface area (Å²) in [4.78, 5) is 11.5. The second-order valence-electron chi connectivity index (χ2n) is 5.08. The first-order chi connectivity index (χ1) is 8.77. The van der Waals surface area contributed by atoms with Gasteiger partial charge in [0.1, 0.15) is 17.1 Å². The number of alkyl halides is 2. The standard InChI is InChI=1S/C13H17F2NO3/c1-8-9(11(17)18-2)7-10(19-8)12(16)3-5-13(14,15)6-4-12/h7H,3-6,16H2,1-2H3. The van der Waals surface area contributed by atoms with E-state index in [4.69, 9.17) is 10.2 Å². The summed E-state index contributed by atoms with van der Waals surface area (Å²) in [6.07, 6.45) is -0.269. The number of ether oxygens (including phenoxy) is 1. The first kappa shape index (κ1) is 14.0.